The summed E-state index contributed by atoms with van der Waals surface area (Å²) in [7, 11) is 5.92. The van der Waals surface area contributed by atoms with Crippen LogP contribution in [0.15, 0.2) is 4.99 Å². The first-order chi connectivity index (χ1) is 9.06. The van der Waals surface area contributed by atoms with E-state index < -0.39 is 0 Å². The van der Waals surface area contributed by atoms with Crippen LogP contribution in [0.5, 0.6) is 0 Å². The number of unbranched alkanes of at least 4 members (excludes halogenated alkanes) is 4. The largest absolute Gasteiger partial charge is 0.383 e. The Labute approximate surface area is 118 Å². The first-order valence-electron chi connectivity index (χ1n) is 7.26. The summed E-state index contributed by atoms with van der Waals surface area (Å²) < 4.78 is 5.03. The van der Waals surface area contributed by atoms with Crippen LogP contribution in [-0.2, 0) is 4.74 Å². The number of guanidine groups is 1. The molecule has 5 nitrogen and oxygen atoms in total. The fraction of sp³-hybridized carbons (Fsp3) is 0.929. The lowest BCUT2D eigenvalue weighted by Crippen LogP contribution is -2.40. The van der Waals surface area contributed by atoms with E-state index in [1.165, 1.54) is 32.2 Å². The Balaban J connectivity index is 3.41. The lowest BCUT2D eigenvalue weighted by molar-refractivity contribution is 0.179. The molecular formula is C14H32N4O. The molecule has 0 aromatic heterocycles. The van der Waals surface area contributed by atoms with Gasteiger partial charge >= 0.3 is 0 Å². The molecule has 0 aromatic rings. The molecule has 5 heteroatoms. The van der Waals surface area contributed by atoms with Crippen LogP contribution in [0.3, 0.4) is 0 Å². The van der Waals surface area contributed by atoms with E-state index in [4.69, 9.17) is 10.5 Å². The zero-order valence-electron chi connectivity index (χ0n) is 13.1. The standard InChI is InChI=1S/C14H32N4O/c1-13(12-19-4)17-14(15)16-10-8-6-5-7-9-11-18(2)3/h13H,5-12H2,1-4H3,(H3,15,16,17). The van der Waals surface area contributed by atoms with E-state index >= 15 is 0 Å². The number of methoxy groups -OCH3 is 1. The highest BCUT2D eigenvalue weighted by Gasteiger charge is 2.00. The molecule has 3 N–H and O–H groups in total. The van der Waals surface area contributed by atoms with Gasteiger partial charge in [-0.2, -0.15) is 0 Å². The minimum atomic E-state index is 0.208. The lowest BCUT2D eigenvalue weighted by Gasteiger charge is -2.13. The molecule has 0 amide bonds. The summed E-state index contributed by atoms with van der Waals surface area (Å²) in [5, 5.41) is 3.10. The first-order valence-corrected chi connectivity index (χ1v) is 7.26. The third-order valence-electron chi connectivity index (χ3n) is 2.86. The summed E-state index contributed by atoms with van der Waals surface area (Å²) in [6.07, 6.45) is 6.23. The number of aliphatic imine (C=N–C) groups is 1. The van der Waals surface area contributed by atoms with Crippen molar-refractivity contribution < 1.29 is 4.74 Å². The number of nitrogens with two attached hydrogens (primary N) is 1. The first kappa shape index (κ1) is 18.2. The van der Waals surface area contributed by atoms with E-state index in [0.29, 0.717) is 12.6 Å². The molecular weight excluding hydrogens is 240 g/mol. The van der Waals surface area contributed by atoms with Crippen LogP contribution in [0.25, 0.3) is 0 Å². The molecule has 0 aliphatic heterocycles. The Hall–Kier alpha value is -0.810. The van der Waals surface area contributed by atoms with Gasteiger partial charge in [0.15, 0.2) is 5.96 Å². The molecule has 19 heavy (non-hydrogen) atoms. The van der Waals surface area contributed by atoms with Crippen LogP contribution >= 0.6 is 0 Å². The molecule has 0 aliphatic carbocycles. The van der Waals surface area contributed by atoms with E-state index in [0.717, 1.165) is 13.0 Å². The molecule has 1 atom stereocenters. The van der Waals surface area contributed by atoms with Crippen LogP contribution < -0.4 is 11.1 Å². The Morgan fingerprint density at radius 1 is 1.21 bits per heavy atom. The van der Waals surface area contributed by atoms with Crippen molar-refractivity contribution >= 4 is 5.96 Å². The van der Waals surface area contributed by atoms with Crippen molar-refractivity contribution in [2.75, 3.05) is 40.9 Å². The molecule has 114 valence electrons. The average Bonchev–Trinajstić information content (AvgIpc) is 2.32. The molecule has 0 bridgehead atoms. The van der Waals surface area contributed by atoms with Gasteiger partial charge in [-0.05, 0) is 40.4 Å². The second kappa shape index (κ2) is 12.2. The van der Waals surface area contributed by atoms with Gasteiger partial charge in [0.1, 0.15) is 0 Å². The summed E-state index contributed by atoms with van der Waals surface area (Å²) in [4.78, 5) is 6.55. The highest BCUT2D eigenvalue weighted by molar-refractivity contribution is 5.78. The van der Waals surface area contributed by atoms with Crippen molar-refractivity contribution in [2.45, 2.75) is 45.1 Å². The SMILES string of the molecule is COCC(C)NC(N)=NCCCCCCCN(C)C. The summed E-state index contributed by atoms with van der Waals surface area (Å²) in [6, 6.07) is 0.208. The minimum absolute atomic E-state index is 0.208. The Bertz CT molecular complexity index is 231. The molecule has 0 fully saturated rings. The average molecular weight is 272 g/mol. The monoisotopic (exact) mass is 272 g/mol. The van der Waals surface area contributed by atoms with E-state index in [1.54, 1.807) is 7.11 Å². The van der Waals surface area contributed by atoms with Gasteiger partial charge in [0.05, 0.1) is 6.61 Å². The van der Waals surface area contributed by atoms with E-state index in [9.17, 15) is 0 Å². The van der Waals surface area contributed by atoms with Crippen molar-refractivity contribution in [3.63, 3.8) is 0 Å². The summed E-state index contributed by atoms with van der Waals surface area (Å²) in [5.41, 5.74) is 5.78. The highest BCUT2D eigenvalue weighted by atomic mass is 16.5. The van der Waals surface area contributed by atoms with Gasteiger partial charge in [0, 0.05) is 19.7 Å². The third kappa shape index (κ3) is 13.4. The van der Waals surface area contributed by atoms with Crippen molar-refractivity contribution in [2.24, 2.45) is 10.7 Å². The normalized spacial score (nSPS) is 13.8. The van der Waals surface area contributed by atoms with Crippen molar-refractivity contribution in [3.8, 4) is 0 Å². The van der Waals surface area contributed by atoms with Gasteiger partial charge in [-0.3, -0.25) is 4.99 Å². The number of rotatable bonds is 11. The quantitative estimate of drug-likeness (QED) is 0.339. The topological polar surface area (TPSA) is 62.9 Å². The lowest BCUT2D eigenvalue weighted by atomic mass is 10.1. The maximum atomic E-state index is 5.78. The summed E-state index contributed by atoms with van der Waals surface area (Å²) >= 11 is 0. The van der Waals surface area contributed by atoms with E-state index in [2.05, 4.69) is 29.3 Å². The highest BCUT2D eigenvalue weighted by Crippen LogP contribution is 2.03. The molecule has 1 unspecified atom stereocenters. The number of ether oxygens (including phenoxy) is 1. The zero-order chi connectivity index (χ0) is 14.5. The molecule has 0 saturated heterocycles. The Kier molecular flexibility index (Phi) is 11.7. The van der Waals surface area contributed by atoms with Crippen LogP contribution in [0.2, 0.25) is 0 Å². The fourth-order valence-corrected chi connectivity index (χ4v) is 1.86. The zero-order valence-corrected chi connectivity index (χ0v) is 13.1. The molecule has 0 heterocycles. The van der Waals surface area contributed by atoms with E-state index in [-0.39, 0.29) is 6.04 Å². The van der Waals surface area contributed by atoms with E-state index in [1.807, 2.05) is 6.92 Å². The summed E-state index contributed by atoms with van der Waals surface area (Å²) in [5.74, 6) is 0.525. The smallest absolute Gasteiger partial charge is 0.188 e. The maximum absolute atomic E-state index is 5.78. The van der Waals surface area contributed by atoms with Crippen LogP contribution in [-0.4, -0.2) is 57.8 Å². The van der Waals surface area contributed by atoms with Gasteiger partial charge in [0.2, 0.25) is 0 Å². The Morgan fingerprint density at radius 3 is 2.47 bits per heavy atom. The van der Waals surface area contributed by atoms with Gasteiger partial charge in [-0.1, -0.05) is 19.3 Å². The van der Waals surface area contributed by atoms with Crippen LogP contribution in [0, 0.1) is 0 Å². The Morgan fingerprint density at radius 2 is 1.84 bits per heavy atom. The molecule has 0 spiro atoms. The number of nitrogens with one attached hydrogen (secondary N) is 1. The van der Waals surface area contributed by atoms with Gasteiger partial charge in [0.25, 0.3) is 0 Å². The molecule has 0 radical (unpaired) electrons. The second-order valence-corrected chi connectivity index (χ2v) is 5.34. The number of nitrogens with zero attached hydrogens (tertiary/aromatic N) is 2. The van der Waals surface area contributed by atoms with Crippen molar-refractivity contribution in [1.82, 2.24) is 10.2 Å². The van der Waals surface area contributed by atoms with Gasteiger partial charge in [-0.15, -0.1) is 0 Å². The third-order valence-corrected chi connectivity index (χ3v) is 2.86. The van der Waals surface area contributed by atoms with Crippen molar-refractivity contribution in [1.29, 1.82) is 0 Å². The second-order valence-electron chi connectivity index (χ2n) is 5.34. The number of hydrogen-bond acceptors (Lipinski definition) is 3. The maximum Gasteiger partial charge on any atom is 0.188 e. The molecule has 0 aliphatic rings. The van der Waals surface area contributed by atoms with Gasteiger partial charge < -0.3 is 20.7 Å². The number of hydrogen-bond donors (Lipinski definition) is 2. The predicted molar refractivity (Wildman–Crippen MR) is 82.6 cm³/mol. The van der Waals surface area contributed by atoms with Crippen LogP contribution in [0.4, 0.5) is 0 Å². The molecule has 0 rings (SSSR count). The summed E-state index contributed by atoms with van der Waals surface area (Å²) in [6.45, 7) is 4.66. The predicted octanol–water partition coefficient (Wildman–Crippen LogP) is 1.44. The minimum Gasteiger partial charge on any atom is -0.383 e. The molecule has 0 aromatic carbocycles. The van der Waals surface area contributed by atoms with Crippen LogP contribution in [0.1, 0.15) is 39.0 Å². The fourth-order valence-electron chi connectivity index (χ4n) is 1.86. The van der Waals surface area contributed by atoms with Gasteiger partial charge in [-0.25, -0.2) is 0 Å². The molecule has 0 saturated carbocycles. The van der Waals surface area contributed by atoms with Crippen molar-refractivity contribution in [3.05, 3.63) is 0 Å².